The van der Waals surface area contributed by atoms with Gasteiger partial charge in [0.25, 0.3) is 0 Å². The molecule has 6 aromatic carbocycles. The number of hydrogen-bond donors (Lipinski definition) is 0. The first kappa shape index (κ1) is 39.5. The predicted octanol–water partition coefficient (Wildman–Crippen LogP) is 10.6. The average Bonchev–Trinajstić information content (AvgIpc) is 3.14. The second-order valence-corrected chi connectivity index (χ2v) is 19.6. The van der Waals surface area contributed by atoms with Gasteiger partial charge in [0.1, 0.15) is 11.5 Å². The van der Waals surface area contributed by atoms with Crippen molar-refractivity contribution in [3.63, 3.8) is 0 Å². The first-order chi connectivity index (χ1) is 25.7. The SMILES string of the molecule is COc1cccc(P(c2cc(C)c(C)c(C)c2)c2cc(C)c(C)c(C)c2)c1-c1c(OC)cccc1P(c1cc(C)c(C)c(C)c1)c1cc(C)c(C)c(C)c1. The van der Waals surface area contributed by atoms with Crippen molar-refractivity contribution in [2.24, 2.45) is 0 Å². The van der Waals surface area contributed by atoms with E-state index in [0.29, 0.717) is 0 Å². The van der Waals surface area contributed by atoms with Gasteiger partial charge in [0.05, 0.1) is 14.2 Å². The molecular formula is C50H56O2P2. The van der Waals surface area contributed by atoms with E-state index in [1.54, 1.807) is 0 Å². The van der Waals surface area contributed by atoms with Crippen LogP contribution in [0.4, 0.5) is 0 Å². The highest BCUT2D eigenvalue weighted by Crippen LogP contribution is 2.48. The highest BCUT2D eigenvalue weighted by Gasteiger charge is 2.31. The Labute approximate surface area is 327 Å². The van der Waals surface area contributed by atoms with Gasteiger partial charge in [-0.05, 0) is 210 Å². The molecule has 278 valence electrons. The van der Waals surface area contributed by atoms with E-state index < -0.39 is 15.8 Å². The van der Waals surface area contributed by atoms with Crippen LogP contribution in [0.5, 0.6) is 11.5 Å². The molecule has 0 aliphatic heterocycles. The van der Waals surface area contributed by atoms with Crippen molar-refractivity contribution in [1.29, 1.82) is 0 Å². The Morgan fingerprint density at radius 3 is 0.759 bits per heavy atom. The quantitative estimate of drug-likeness (QED) is 0.137. The lowest BCUT2D eigenvalue weighted by molar-refractivity contribution is 0.411. The Bertz CT molecular complexity index is 2030. The minimum atomic E-state index is -1.02. The molecule has 0 heterocycles. The molecule has 4 heteroatoms. The zero-order valence-electron chi connectivity index (χ0n) is 34.8. The lowest BCUT2D eigenvalue weighted by Gasteiger charge is -2.30. The molecule has 0 saturated carbocycles. The second kappa shape index (κ2) is 15.9. The average molecular weight is 751 g/mol. The topological polar surface area (TPSA) is 18.5 Å². The summed E-state index contributed by atoms with van der Waals surface area (Å²) in [4.78, 5) is 0. The van der Waals surface area contributed by atoms with Crippen molar-refractivity contribution in [3.05, 3.63) is 152 Å². The summed E-state index contributed by atoms with van der Waals surface area (Å²) in [6.07, 6.45) is 0. The molecule has 0 aromatic heterocycles. The lowest BCUT2D eigenvalue weighted by atomic mass is 10.0. The smallest absolute Gasteiger partial charge is 0.127 e. The Morgan fingerprint density at radius 2 is 0.556 bits per heavy atom. The van der Waals surface area contributed by atoms with Gasteiger partial charge in [0.15, 0.2) is 0 Å². The molecule has 2 nitrogen and oxygen atoms in total. The maximum absolute atomic E-state index is 6.41. The molecule has 0 aliphatic carbocycles. The van der Waals surface area contributed by atoms with Crippen LogP contribution in [0, 0.1) is 83.1 Å². The van der Waals surface area contributed by atoms with Crippen LogP contribution in [0.1, 0.15) is 66.8 Å². The Balaban J connectivity index is 1.77. The van der Waals surface area contributed by atoms with Gasteiger partial charge in [0.2, 0.25) is 0 Å². The van der Waals surface area contributed by atoms with Gasteiger partial charge in [-0.2, -0.15) is 0 Å². The largest absolute Gasteiger partial charge is 0.496 e. The third-order valence-electron chi connectivity index (χ3n) is 11.9. The molecule has 6 rings (SSSR count). The number of methoxy groups -OCH3 is 2. The Hall–Kier alpha value is -4.22. The molecule has 0 atom stereocenters. The van der Waals surface area contributed by atoms with E-state index in [2.05, 4.69) is 168 Å². The minimum absolute atomic E-state index is 0.856. The fourth-order valence-electron chi connectivity index (χ4n) is 7.68. The third kappa shape index (κ3) is 7.29. The zero-order valence-corrected chi connectivity index (χ0v) is 36.6. The van der Waals surface area contributed by atoms with Crippen LogP contribution >= 0.6 is 15.8 Å². The predicted molar refractivity (Wildman–Crippen MR) is 239 cm³/mol. The van der Waals surface area contributed by atoms with Gasteiger partial charge in [0, 0.05) is 11.1 Å². The molecule has 0 radical (unpaired) electrons. The molecule has 6 aromatic rings. The normalized spacial score (nSPS) is 11.5. The minimum Gasteiger partial charge on any atom is -0.496 e. The summed E-state index contributed by atoms with van der Waals surface area (Å²) in [5.74, 6) is 1.71. The standard InChI is InChI=1S/C50H56O2P2/c1-29-21-41(22-30(2)37(29)9)53(42-23-31(3)38(10)32(4)24-42)47-19-15-17-45(51-13)49(47)50-46(52-14)18-16-20-48(50)54(43-25-33(5)39(11)34(6)26-43)44-27-35(7)40(12)36(8)28-44/h15-28H,1-14H3. The van der Waals surface area contributed by atoms with Gasteiger partial charge in [-0.15, -0.1) is 0 Å². The van der Waals surface area contributed by atoms with Gasteiger partial charge in [-0.25, -0.2) is 0 Å². The van der Waals surface area contributed by atoms with E-state index in [9.17, 15) is 0 Å². The van der Waals surface area contributed by atoms with Crippen LogP contribution in [0.3, 0.4) is 0 Å². The fourth-order valence-corrected chi connectivity index (χ4v) is 13.3. The van der Waals surface area contributed by atoms with Crippen LogP contribution in [-0.4, -0.2) is 14.2 Å². The van der Waals surface area contributed by atoms with E-state index in [0.717, 1.165) is 22.6 Å². The molecule has 0 saturated heterocycles. The summed E-state index contributed by atoms with van der Waals surface area (Å²) in [5, 5.41) is 7.91. The maximum Gasteiger partial charge on any atom is 0.127 e. The molecule has 0 amide bonds. The Morgan fingerprint density at radius 1 is 0.333 bits per heavy atom. The lowest BCUT2D eigenvalue weighted by Crippen LogP contribution is -2.27. The summed E-state index contributed by atoms with van der Waals surface area (Å²) >= 11 is 0. The van der Waals surface area contributed by atoms with Crippen LogP contribution in [0.15, 0.2) is 84.9 Å². The number of aryl methyl sites for hydroxylation is 8. The van der Waals surface area contributed by atoms with E-state index in [1.807, 2.05) is 14.2 Å². The molecule has 0 N–H and O–H groups in total. The van der Waals surface area contributed by atoms with E-state index in [4.69, 9.17) is 9.47 Å². The molecule has 0 aliphatic rings. The summed E-state index contributed by atoms with van der Waals surface area (Å²) in [6.45, 7) is 26.9. The van der Waals surface area contributed by atoms with Crippen molar-refractivity contribution in [1.82, 2.24) is 0 Å². The molecule has 54 heavy (non-hydrogen) atoms. The van der Waals surface area contributed by atoms with Crippen LogP contribution in [0.25, 0.3) is 11.1 Å². The van der Waals surface area contributed by atoms with Gasteiger partial charge in [-0.3, -0.25) is 0 Å². The zero-order chi connectivity index (χ0) is 39.2. The first-order valence-electron chi connectivity index (χ1n) is 18.9. The van der Waals surface area contributed by atoms with Crippen LogP contribution in [-0.2, 0) is 0 Å². The van der Waals surface area contributed by atoms with E-state index in [-0.39, 0.29) is 0 Å². The number of rotatable bonds is 9. The molecular weight excluding hydrogens is 694 g/mol. The van der Waals surface area contributed by atoms with Crippen LogP contribution in [0.2, 0.25) is 0 Å². The van der Waals surface area contributed by atoms with Gasteiger partial charge in [-0.1, -0.05) is 72.8 Å². The monoisotopic (exact) mass is 750 g/mol. The fraction of sp³-hybridized carbons (Fsp3) is 0.280. The van der Waals surface area contributed by atoms with Gasteiger partial charge < -0.3 is 9.47 Å². The summed E-state index contributed by atoms with van der Waals surface area (Å²) in [7, 11) is 1.58. The summed E-state index contributed by atoms with van der Waals surface area (Å²) < 4.78 is 12.8. The van der Waals surface area contributed by atoms with E-state index in [1.165, 1.54) is 98.6 Å². The second-order valence-electron chi connectivity index (χ2n) is 15.2. The molecule has 0 spiro atoms. The van der Waals surface area contributed by atoms with Crippen LogP contribution < -0.4 is 41.3 Å². The molecule has 0 fully saturated rings. The third-order valence-corrected chi connectivity index (χ3v) is 16.7. The number of hydrogen-bond acceptors (Lipinski definition) is 2. The Kier molecular flexibility index (Phi) is 11.6. The first-order valence-corrected chi connectivity index (χ1v) is 21.6. The van der Waals surface area contributed by atoms with Crippen molar-refractivity contribution in [2.45, 2.75) is 83.1 Å². The van der Waals surface area contributed by atoms with Crippen molar-refractivity contribution < 1.29 is 9.47 Å². The number of ether oxygens (including phenoxy) is 2. The van der Waals surface area contributed by atoms with E-state index >= 15 is 0 Å². The van der Waals surface area contributed by atoms with Gasteiger partial charge >= 0.3 is 0 Å². The summed E-state index contributed by atoms with van der Waals surface area (Å²) in [6, 6.07) is 32.7. The summed E-state index contributed by atoms with van der Waals surface area (Å²) in [5.41, 5.74) is 18.2. The maximum atomic E-state index is 6.41. The van der Waals surface area contributed by atoms with Crippen molar-refractivity contribution >= 4 is 47.7 Å². The van der Waals surface area contributed by atoms with Crippen molar-refractivity contribution in [2.75, 3.05) is 14.2 Å². The highest BCUT2D eigenvalue weighted by atomic mass is 31.1. The number of benzene rings is 6. The molecule has 0 bridgehead atoms. The van der Waals surface area contributed by atoms with Crippen molar-refractivity contribution in [3.8, 4) is 22.6 Å². The molecule has 0 unspecified atom stereocenters. The highest BCUT2D eigenvalue weighted by molar-refractivity contribution is 7.80.